The lowest BCUT2D eigenvalue weighted by molar-refractivity contribution is 0.160. The molecule has 0 bridgehead atoms. The normalized spacial score (nSPS) is 16.3. The molecule has 0 atom stereocenters. The molecule has 0 saturated carbocycles. The first-order valence-corrected chi connectivity index (χ1v) is 13.9. The first kappa shape index (κ1) is 26.4. The fraction of sp³-hybridized carbons (Fsp3) is 0.438. The maximum absolute atomic E-state index is 15.5. The van der Waals surface area contributed by atoms with Crippen LogP contribution in [0.1, 0.15) is 54.9 Å². The van der Waals surface area contributed by atoms with Gasteiger partial charge in [-0.2, -0.15) is 0 Å². The van der Waals surface area contributed by atoms with Crippen LogP contribution in [0.2, 0.25) is 0 Å². The number of halogens is 1. The van der Waals surface area contributed by atoms with Gasteiger partial charge in [0.05, 0.1) is 12.8 Å². The number of phenolic OH excluding ortho intramolecular Hbond substituents is 1. The van der Waals surface area contributed by atoms with Crippen molar-refractivity contribution in [1.82, 2.24) is 4.90 Å². The zero-order chi connectivity index (χ0) is 26.6. The Balaban J connectivity index is 1.35. The van der Waals surface area contributed by atoms with Crippen LogP contribution in [0.5, 0.6) is 17.2 Å². The number of nitrogen functional groups attached to an aromatic ring is 1. The van der Waals surface area contributed by atoms with Crippen molar-refractivity contribution in [2.24, 2.45) is 5.92 Å². The Morgan fingerprint density at radius 2 is 1.79 bits per heavy atom. The zero-order valence-corrected chi connectivity index (χ0v) is 22.6. The number of likely N-dealkylation sites (tertiary alicyclic amines) is 1. The van der Waals surface area contributed by atoms with Gasteiger partial charge in [0.25, 0.3) is 0 Å². The van der Waals surface area contributed by atoms with Crippen molar-refractivity contribution < 1.29 is 19.0 Å². The van der Waals surface area contributed by atoms with E-state index in [4.69, 9.17) is 15.2 Å². The molecule has 202 valence electrons. The van der Waals surface area contributed by atoms with Crippen molar-refractivity contribution in [2.75, 3.05) is 39.1 Å². The fourth-order valence-electron chi connectivity index (χ4n) is 5.88. The number of nitrogens with zero attached hydrogens (tertiary/aromatic N) is 1. The Bertz CT molecular complexity index is 1270. The number of methoxy groups -OCH3 is 1. The molecular weight excluding hydrogens is 479 g/mol. The smallest absolute Gasteiger partial charge is 0.188 e. The maximum Gasteiger partial charge on any atom is 0.188 e. The van der Waals surface area contributed by atoms with Crippen molar-refractivity contribution in [3.05, 3.63) is 70.5 Å². The third kappa shape index (κ3) is 5.60. The highest BCUT2D eigenvalue weighted by Gasteiger charge is 2.24. The molecule has 0 amide bonds. The van der Waals surface area contributed by atoms with Gasteiger partial charge in [0, 0.05) is 29.7 Å². The van der Waals surface area contributed by atoms with Crippen molar-refractivity contribution in [1.29, 1.82) is 0 Å². The second-order valence-corrected chi connectivity index (χ2v) is 10.8. The van der Waals surface area contributed by atoms with Crippen molar-refractivity contribution in [2.45, 2.75) is 51.9 Å². The number of aromatic hydroxyl groups is 1. The molecule has 1 aliphatic carbocycles. The standard InChI is InChI=1S/C32H39FN2O3/c1-21-13-15-35(16-14-21)17-18-38-25-10-7-22(8-11-25)19-24-20-27(31(34)30(33)32(24)37-2)29-26-6-4-3-5-23(26)9-12-28(29)36/h7-12,20-21,36H,3-6,13-19,34H2,1-2H3. The summed E-state index contributed by atoms with van der Waals surface area (Å²) in [7, 11) is 1.46. The Labute approximate surface area is 225 Å². The molecule has 1 heterocycles. The monoisotopic (exact) mass is 518 g/mol. The molecule has 2 aliphatic rings. The first-order chi connectivity index (χ1) is 18.4. The van der Waals surface area contributed by atoms with E-state index in [1.807, 2.05) is 36.4 Å². The molecule has 3 aromatic rings. The number of aryl methyl sites for hydroxylation is 1. The number of benzene rings is 3. The van der Waals surface area contributed by atoms with Gasteiger partial charge in [-0.05, 0) is 98.5 Å². The summed E-state index contributed by atoms with van der Waals surface area (Å²) in [6.45, 7) is 6.22. The summed E-state index contributed by atoms with van der Waals surface area (Å²) in [6, 6.07) is 13.5. The van der Waals surface area contributed by atoms with Crippen LogP contribution in [0.15, 0.2) is 42.5 Å². The second kappa shape index (κ2) is 11.6. The first-order valence-electron chi connectivity index (χ1n) is 13.9. The Kier molecular flexibility index (Phi) is 8.08. The molecule has 1 fully saturated rings. The van der Waals surface area contributed by atoms with Crippen LogP contribution in [0.3, 0.4) is 0 Å². The number of nitrogens with two attached hydrogens (primary N) is 1. The molecule has 1 saturated heterocycles. The predicted molar refractivity (Wildman–Crippen MR) is 151 cm³/mol. The molecule has 5 nitrogen and oxygen atoms in total. The summed E-state index contributed by atoms with van der Waals surface area (Å²) in [4.78, 5) is 2.47. The number of hydrogen-bond donors (Lipinski definition) is 2. The van der Waals surface area contributed by atoms with Crippen molar-refractivity contribution in [3.8, 4) is 28.4 Å². The summed E-state index contributed by atoms with van der Waals surface area (Å²) >= 11 is 0. The molecule has 0 aromatic heterocycles. The van der Waals surface area contributed by atoms with E-state index < -0.39 is 5.82 Å². The third-order valence-electron chi connectivity index (χ3n) is 8.19. The van der Waals surface area contributed by atoms with Crippen LogP contribution in [0.4, 0.5) is 10.1 Å². The lowest BCUT2D eigenvalue weighted by atomic mass is 9.84. The van der Waals surface area contributed by atoms with Gasteiger partial charge in [0.2, 0.25) is 0 Å². The molecule has 3 N–H and O–H groups in total. The molecule has 0 unspecified atom stereocenters. The number of hydrogen-bond acceptors (Lipinski definition) is 5. The van der Waals surface area contributed by atoms with E-state index in [9.17, 15) is 5.11 Å². The number of piperidine rings is 1. The molecule has 0 radical (unpaired) electrons. The minimum atomic E-state index is -0.583. The summed E-state index contributed by atoms with van der Waals surface area (Å²) < 4.78 is 26.9. The molecule has 6 heteroatoms. The summed E-state index contributed by atoms with van der Waals surface area (Å²) in [6.07, 6.45) is 6.96. The Morgan fingerprint density at radius 1 is 1.05 bits per heavy atom. The number of phenols is 1. The fourth-order valence-corrected chi connectivity index (χ4v) is 5.88. The molecule has 0 spiro atoms. The van der Waals surface area contributed by atoms with E-state index in [0.717, 1.165) is 68.1 Å². The van der Waals surface area contributed by atoms with E-state index >= 15 is 4.39 Å². The quantitative estimate of drug-likeness (QED) is 0.339. The summed E-state index contributed by atoms with van der Waals surface area (Å²) in [5.74, 6) is 1.35. The van der Waals surface area contributed by atoms with Gasteiger partial charge < -0.3 is 20.3 Å². The van der Waals surface area contributed by atoms with Crippen molar-refractivity contribution in [3.63, 3.8) is 0 Å². The van der Waals surface area contributed by atoms with Crippen LogP contribution < -0.4 is 15.2 Å². The van der Waals surface area contributed by atoms with Gasteiger partial charge in [0.15, 0.2) is 11.6 Å². The number of fused-ring (bicyclic) bond motifs is 1. The van der Waals surface area contributed by atoms with Gasteiger partial charge in [-0.15, -0.1) is 0 Å². The largest absolute Gasteiger partial charge is 0.507 e. The topological polar surface area (TPSA) is 68.0 Å². The van der Waals surface area contributed by atoms with Crippen molar-refractivity contribution >= 4 is 5.69 Å². The SMILES string of the molecule is COc1c(Cc2ccc(OCCN3CCC(C)CC3)cc2)cc(-c2c(O)ccc3c2CCCC3)c(N)c1F. The van der Waals surface area contributed by atoms with E-state index in [1.54, 1.807) is 6.07 Å². The minimum absolute atomic E-state index is 0.00628. The molecule has 38 heavy (non-hydrogen) atoms. The number of anilines is 1. The molecular formula is C32H39FN2O3. The average molecular weight is 519 g/mol. The van der Waals surface area contributed by atoms with Crippen LogP contribution in [-0.4, -0.2) is 43.4 Å². The third-order valence-corrected chi connectivity index (χ3v) is 8.19. The van der Waals surface area contributed by atoms with Gasteiger partial charge in [-0.1, -0.05) is 25.1 Å². The van der Waals surface area contributed by atoms with E-state index in [1.165, 1.54) is 25.5 Å². The lowest BCUT2D eigenvalue weighted by Gasteiger charge is -2.29. The highest BCUT2D eigenvalue weighted by atomic mass is 19.1. The summed E-state index contributed by atoms with van der Waals surface area (Å²) in [5.41, 5.74) is 11.4. The molecule has 5 rings (SSSR count). The zero-order valence-electron chi connectivity index (χ0n) is 22.6. The van der Waals surface area contributed by atoms with Gasteiger partial charge in [-0.3, -0.25) is 4.90 Å². The highest BCUT2D eigenvalue weighted by Crippen LogP contribution is 2.44. The van der Waals surface area contributed by atoms with E-state index in [0.29, 0.717) is 29.7 Å². The molecule has 3 aromatic carbocycles. The van der Waals surface area contributed by atoms with Gasteiger partial charge in [-0.25, -0.2) is 4.39 Å². The average Bonchev–Trinajstić information content (AvgIpc) is 2.93. The van der Waals surface area contributed by atoms with E-state index in [2.05, 4.69) is 11.8 Å². The molecule has 1 aliphatic heterocycles. The van der Waals surface area contributed by atoms with Gasteiger partial charge >= 0.3 is 0 Å². The second-order valence-electron chi connectivity index (χ2n) is 10.8. The lowest BCUT2D eigenvalue weighted by Crippen LogP contribution is -2.35. The van der Waals surface area contributed by atoms with Crippen LogP contribution in [-0.2, 0) is 19.3 Å². The highest BCUT2D eigenvalue weighted by molar-refractivity contribution is 5.85. The predicted octanol–water partition coefficient (Wildman–Crippen LogP) is 6.37. The maximum atomic E-state index is 15.5. The Hall–Kier alpha value is -3.25. The summed E-state index contributed by atoms with van der Waals surface area (Å²) in [5, 5.41) is 10.8. The Morgan fingerprint density at radius 3 is 2.53 bits per heavy atom. The number of rotatable bonds is 8. The van der Waals surface area contributed by atoms with Crippen LogP contribution in [0.25, 0.3) is 11.1 Å². The van der Waals surface area contributed by atoms with Crippen LogP contribution >= 0.6 is 0 Å². The van der Waals surface area contributed by atoms with Crippen LogP contribution in [0, 0.1) is 11.7 Å². The van der Waals surface area contributed by atoms with E-state index in [-0.39, 0.29) is 17.2 Å². The number of ether oxygens (including phenoxy) is 2. The van der Waals surface area contributed by atoms with Gasteiger partial charge in [0.1, 0.15) is 18.1 Å². The minimum Gasteiger partial charge on any atom is -0.507 e.